The first-order valence-electron chi connectivity index (χ1n) is 27.9. The molecule has 0 unspecified atom stereocenters. The Morgan fingerprint density at radius 1 is 0.420 bits per heavy atom. The first-order chi connectivity index (χ1) is 36.0. The Labute approximate surface area is 329 Å². The molecule has 0 radical (unpaired) electrons. The van der Waals surface area contributed by atoms with Crippen LogP contribution in [0.5, 0.6) is 0 Å². The van der Waals surface area contributed by atoms with Gasteiger partial charge in [-0.05, 0) is 28.8 Å². The molecule has 10 rings (SSSR count). The molecule has 0 amide bonds. The van der Waals surface area contributed by atoms with Crippen LogP contribution in [0.4, 0.5) is 0 Å². The summed E-state index contributed by atoms with van der Waals surface area (Å²) < 4.78 is 244. The first kappa shape index (κ1) is 12.5. The molecule has 0 saturated carbocycles. The number of aromatic nitrogens is 3. The molecule has 5 heteroatoms. The lowest BCUT2D eigenvalue weighted by Crippen LogP contribution is -2.00. The molecule has 0 saturated heterocycles. The van der Waals surface area contributed by atoms with Gasteiger partial charge in [0.25, 0.3) is 0 Å². The van der Waals surface area contributed by atoms with E-state index in [9.17, 15) is 8.22 Å². The van der Waals surface area contributed by atoms with Gasteiger partial charge in [0.2, 0.25) is 0 Å². The van der Waals surface area contributed by atoms with Gasteiger partial charge in [0.1, 0.15) is 11.2 Å². The Morgan fingerprint density at radius 2 is 0.980 bits per heavy atom. The molecule has 0 bridgehead atoms. The molecule has 0 spiro atoms. The van der Waals surface area contributed by atoms with Gasteiger partial charge in [0.15, 0.2) is 17.5 Å². The molecule has 7 aromatic carbocycles. The normalized spacial score (nSPS) is 19.2. The quantitative estimate of drug-likeness (QED) is 0.181. The maximum absolute atomic E-state index is 9.69. The smallest absolute Gasteiger partial charge is 0.164 e. The number of para-hydroxylation sites is 1. The molecule has 0 aliphatic heterocycles. The van der Waals surface area contributed by atoms with Crippen molar-refractivity contribution in [3.05, 3.63) is 163 Å². The van der Waals surface area contributed by atoms with Gasteiger partial charge in [0.05, 0.1) is 37.0 Å². The summed E-state index contributed by atoms with van der Waals surface area (Å²) >= 11 is 0.600. The molecule has 0 atom stereocenters. The van der Waals surface area contributed by atoms with Crippen molar-refractivity contribution < 1.29 is 41.4 Å². The third-order valence-corrected chi connectivity index (χ3v) is 8.68. The number of hydrogen-bond donors (Lipinski definition) is 0. The van der Waals surface area contributed by atoms with E-state index in [-0.39, 0.29) is 20.2 Å². The lowest BCUT2D eigenvalue weighted by Gasteiger charge is -2.10. The van der Waals surface area contributed by atoms with Crippen LogP contribution in [-0.4, -0.2) is 15.0 Å². The van der Waals surface area contributed by atoms with E-state index >= 15 is 0 Å². The monoisotopic (exact) mass is 684 g/mol. The van der Waals surface area contributed by atoms with Gasteiger partial charge in [0, 0.05) is 53.2 Å². The van der Waals surface area contributed by atoms with E-state index in [1.807, 2.05) is 0 Å². The summed E-state index contributed by atoms with van der Waals surface area (Å²) in [6.07, 6.45) is 0. The number of hydrogen-bond acceptors (Lipinski definition) is 5. The van der Waals surface area contributed by atoms with Gasteiger partial charge in [-0.2, -0.15) is 0 Å². The van der Waals surface area contributed by atoms with Gasteiger partial charge in [-0.15, -0.1) is 11.3 Å². The zero-order valence-electron chi connectivity index (χ0n) is 51.7. The summed E-state index contributed by atoms with van der Waals surface area (Å²) in [5.74, 6) is -2.40. The largest absolute Gasteiger partial charge is 0.455 e. The van der Waals surface area contributed by atoms with Crippen molar-refractivity contribution in [2.24, 2.45) is 0 Å². The van der Waals surface area contributed by atoms with Gasteiger partial charge in [-0.25, -0.2) is 15.0 Å². The van der Waals surface area contributed by atoms with Crippen molar-refractivity contribution >= 4 is 53.4 Å². The number of benzene rings is 7. The van der Waals surface area contributed by atoms with Crippen LogP contribution in [0.2, 0.25) is 0 Å². The molecule has 4 nitrogen and oxygen atoms in total. The van der Waals surface area contributed by atoms with Crippen molar-refractivity contribution in [1.82, 2.24) is 15.0 Å². The Balaban J connectivity index is 1.43. The average molecular weight is 685 g/mol. The molecule has 10 aromatic rings. The van der Waals surface area contributed by atoms with E-state index in [1.54, 1.807) is 0 Å². The highest BCUT2D eigenvalue weighted by Gasteiger charge is 2.22. The minimum absolute atomic E-state index is 0.213. The number of furan rings is 1. The summed E-state index contributed by atoms with van der Waals surface area (Å²) in [7, 11) is 0. The second kappa shape index (κ2) is 11.6. The van der Waals surface area contributed by atoms with Crippen LogP contribution in [0.3, 0.4) is 0 Å². The number of thiophene rings is 1. The van der Waals surface area contributed by atoms with Crippen LogP contribution in [0.1, 0.15) is 37.0 Å². The molecule has 3 aromatic heterocycles. The van der Waals surface area contributed by atoms with Crippen LogP contribution >= 0.6 is 11.3 Å². The highest BCUT2D eigenvalue weighted by atomic mass is 32.1. The molecule has 0 N–H and O–H groups in total. The van der Waals surface area contributed by atoms with E-state index in [4.69, 9.17) is 33.2 Å². The third-order valence-electron chi connectivity index (χ3n) is 7.55. The average Bonchev–Trinajstić information content (AvgIpc) is 4.16. The van der Waals surface area contributed by atoms with Crippen LogP contribution < -0.4 is 0 Å². The summed E-state index contributed by atoms with van der Waals surface area (Å²) in [6, 6.07) is -23.0. The lowest BCUT2D eigenvalue weighted by molar-refractivity contribution is 0.670. The lowest BCUT2D eigenvalue weighted by atomic mass is 9.93. The molecule has 3 heterocycles. The van der Waals surface area contributed by atoms with E-state index in [2.05, 4.69) is 15.0 Å². The predicted octanol–water partition coefficient (Wildman–Crippen LogP) is 12.5. The molecule has 234 valence electrons. The summed E-state index contributed by atoms with van der Waals surface area (Å²) in [4.78, 5) is 13.0. The van der Waals surface area contributed by atoms with Crippen molar-refractivity contribution in [2.45, 2.75) is 0 Å². The fraction of sp³-hybridized carbons (Fsp3) is 0. The Hall–Kier alpha value is -6.43. The van der Waals surface area contributed by atoms with Crippen molar-refractivity contribution in [2.75, 3.05) is 0 Å². The fourth-order valence-corrected chi connectivity index (χ4v) is 6.60. The summed E-state index contributed by atoms with van der Waals surface area (Å²) in [5, 5.41) is -1.81. The molecular formula is C45H27N3OS. The van der Waals surface area contributed by atoms with Crippen LogP contribution in [-0.2, 0) is 0 Å². The predicted molar refractivity (Wildman–Crippen MR) is 207 cm³/mol. The van der Waals surface area contributed by atoms with Crippen molar-refractivity contribution in [3.8, 4) is 56.4 Å². The number of nitrogens with zero attached hydrogens (tertiary/aromatic N) is 3. The second-order valence-electron chi connectivity index (χ2n) is 10.3. The van der Waals surface area contributed by atoms with Crippen LogP contribution in [0, 0.1) is 0 Å². The van der Waals surface area contributed by atoms with Crippen molar-refractivity contribution in [3.63, 3.8) is 0 Å². The molecule has 0 fully saturated rings. The van der Waals surface area contributed by atoms with Gasteiger partial charge < -0.3 is 4.42 Å². The molecule has 0 aliphatic carbocycles. The van der Waals surface area contributed by atoms with E-state index in [1.165, 1.54) is 0 Å². The molecule has 0 aliphatic rings. The molecular weight excluding hydrogens is 631 g/mol. The molecule has 50 heavy (non-hydrogen) atoms. The Bertz CT molecular complexity index is 4260. The maximum atomic E-state index is 9.69. The van der Waals surface area contributed by atoms with Crippen LogP contribution in [0.25, 0.3) is 98.5 Å². The van der Waals surface area contributed by atoms with Crippen molar-refractivity contribution in [1.29, 1.82) is 0 Å². The number of rotatable bonds is 5. The Morgan fingerprint density at radius 3 is 1.70 bits per heavy atom. The second-order valence-corrected chi connectivity index (χ2v) is 11.3. The third kappa shape index (κ3) is 4.63. The maximum Gasteiger partial charge on any atom is 0.164 e. The highest BCUT2D eigenvalue weighted by Crippen LogP contribution is 2.47. The highest BCUT2D eigenvalue weighted by molar-refractivity contribution is 7.26. The van der Waals surface area contributed by atoms with Gasteiger partial charge in [-0.1, -0.05) is 151 Å². The standard InChI is InChI=1S/C45H27N3OS/c1-4-14-28(15-5-1)31-26-27-32(40-34-20-10-11-25-38(34)50-42(31)40)33-21-12-22-35-39-36(23-13-24-37(39)49-41(33)35)45-47-43(29-16-6-2-7-17-29)46-44(48-45)30-18-8-3-9-19-30/h1-27H/i1D,2D,3D,4D,5D,6D,7D,8D,9D,10D,11D,12D,13D,14D,15D,16D,17D,18D,19D,20D,21D,22D,23D,24D,25D,26D,27D. The summed E-state index contributed by atoms with van der Waals surface area (Å²) in [5.41, 5.74) is -5.73. The van der Waals surface area contributed by atoms with E-state index < -0.39 is 242 Å². The minimum atomic E-state index is -0.959. The van der Waals surface area contributed by atoms with Crippen LogP contribution in [0.15, 0.2) is 168 Å². The number of fused-ring (bicyclic) bond motifs is 6. The van der Waals surface area contributed by atoms with E-state index in [0.29, 0.717) is 11.3 Å². The Kier molecular flexibility index (Phi) is 2.90. The zero-order chi connectivity index (χ0) is 56.5. The zero-order valence-corrected chi connectivity index (χ0v) is 25.5. The first-order valence-corrected chi connectivity index (χ1v) is 15.2. The topological polar surface area (TPSA) is 51.8 Å². The minimum Gasteiger partial charge on any atom is -0.455 e. The fourth-order valence-electron chi connectivity index (χ4n) is 5.48. The summed E-state index contributed by atoms with van der Waals surface area (Å²) in [6.45, 7) is 0. The van der Waals surface area contributed by atoms with E-state index in [0.717, 1.165) is 0 Å². The van der Waals surface area contributed by atoms with Gasteiger partial charge >= 0.3 is 0 Å². The SMILES string of the molecule is [2H]c1c([2H])c([2H])c(-c2nc(-c3c([2H])c([2H])c([2H])c([2H])c3[2H])nc(-c3c([2H])c([2H])c([2H])c4oc5c(-c6c([2H])c([2H])c(-c7c([2H])c([2H])c([2H])c([2H])c7[2H])c7sc8c([2H])c([2H])c([2H])c([2H])c8c67)c([2H])c([2H])c([2H])c5c34)n2)c([2H])c1[2H]. The van der Waals surface area contributed by atoms with Gasteiger partial charge in [-0.3, -0.25) is 0 Å².